The summed E-state index contributed by atoms with van der Waals surface area (Å²) in [5.41, 5.74) is 6.17. The number of hydroxylamine groups is 1. The van der Waals surface area contributed by atoms with Crippen LogP contribution in [-0.2, 0) is 4.84 Å². The predicted molar refractivity (Wildman–Crippen MR) is 78.8 cm³/mol. The fraction of sp³-hybridized carbons (Fsp3) is 0.133. The lowest BCUT2D eigenvalue weighted by Gasteiger charge is -2.07. The van der Waals surface area contributed by atoms with Crippen LogP contribution >= 0.6 is 15.9 Å². The fourth-order valence-corrected chi connectivity index (χ4v) is 2.53. The zero-order valence-corrected chi connectivity index (χ0v) is 12.0. The topological polar surface area (TPSA) is 33.6 Å². The van der Waals surface area contributed by atoms with Gasteiger partial charge in [-0.15, -0.1) is 0 Å². The van der Waals surface area contributed by atoms with Crippen LogP contribution in [0.3, 0.4) is 0 Å². The second-order valence-electron chi connectivity index (χ2n) is 4.39. The number of hydrogen-bond acceptors (Lipinski definition) is 3. The van der Waals surface area contributed by atoms with E-state index in [4.69, 9.17) is 4.84 Å². The highest BCUT2D eigenvalue weighted by Crippen LogP contribution is 2.29. The molecule has 2 aromatic rings. The molecule has 96 valence electrons. The number of hydrogen-bond donors (Lipinski definition) is 1. The second-order valence-corrected chi connectivity index (χ2v) is 5.24. The Balaban J connectivity index is 1.94. The molecule has 2 aromatic carbocycles. The average molecular weight is 317 g/mol. The Morgan fingerprint density at radius 3 is 2.63 bits per heavy atom. The van der Waals surface area contributed by atoms with Gasteiger partial charge in [0.2, 0.25) is 6.23 Å². The van der Waals surface area contributed by atoms with Crippen molar-refractivity contribution in [1.82, 2.24) is 5.48 Å². The SMILES string of the molecule is Cc1ccccc1C1=N[C@@H](c2ccccc2Br)ON1. The molecule has 0 amide bonds. The minimum Gasteiger partial charge on any atom is -0.246 e. The molecule has 1 heterocycles. The van der Waals surface area contributed by atoms with Crippen LogP contribution in [0.5, 0.6) is 0 Å². The van der Waals surface area contributed by atoms with Crippen LogP contribution in [0.1, 0.15) is 22.9 Å². The monoisotopic (exact) mass is 316 g/mol. The van der Waals surface area contributed by atoms with Crippen LogP contribution in [0, 0.1) is 6.92 Å². The first-order valence-electron chi connectivity index (χ1n) is 6.05. The lowest BCUT2D eigenvalue weighted by atomic mass is 10.1. The van der Waals surface area contributed by atoms with E-state index in [2.05, 4.69) is 39.4 Å². The molecule has 4 heteroatoms. The average Bonchev–Trinajstić information content (AvgIpc) is 2.89. The normalized spacial score (nSPS) is 18.0. The van der Waals surface area contributed by atoms with E-state index in [0.717, 1.165) is 21.4 Å². The standard InChI is InChI=1S/C15H13BrN2O/c1-10-6-2-3-7-11(10)14-17-15(19-18-14)12-8-4-5-9-13(12)16/h2-9,15H,1H3,(H,17,18)/t15-/m1/s1. The summed E-state index contributed by atoms with van der Waals surface area (Å²) in [6, 6.07) is 16.0. The first-order valence-corrected chi connectivity index (χ1v) is 6.85. The molecule has 1 N–H and O–H groups in total. The quantitative estimate of drug-likeness (QED) is 0.915. The second kappa shape index (κ2) is 5.15. The molecule has 0 aliphatic carbocycles. The van der Waals surface area contributed by atoms with Gasteiger partial charge in [-0.2, -0.15) is 0 Å². The van der Waals surface area contributed by atoms with Gasteiger partial charge in [-0.3, -0.25) is 0 Å². The van der Waals surface area contributed by atoms with Crippen LogP contribution in [0.15, 0.2) is 58.0 Å². The Morgan fingerprint density at radius 1 is 1.11 bits per heavy atom. The van der Waals surface area contributed by atoms with Crippen molar-refractivity contribution < 1.29 is 4.84 Å². The van der Waals surface area contributed by atoms with Gasteiger partial charge in [-0.25, -0.2) is 15.3 Å². The van der Waals surface area contributed by atoms with Gasteiger partial charge in [0.1, 0.15) is 0 Å². The van der Waals surface area contributed by atoms with Gasteiger partial charge >= 0.3 is 0 Å². The molecule has 3 rings (SSSR count). The largest absolute Gasteiger partial charge is 0.246 e. The molecule has 0 spiro atoms. The van der Waals surface area contributed by atoms with Crippen molar-refractivity contribution in [1.29, 1.82) is 0 Å². The third kappa shape index (κ3) is 2.41. The number of rotatable bonds is 2. The molecule has 0 radical (unpaired) electrons. The van der Waals surface area contributed by atoms with E-state index in [0.29, 0.717) is 0 Å². The number of aliphatic imine (C=N–C) groups is 1. The van der Waals surface area contributed by atoms with E-state index >= 15 is 0 Å². The highest BCUT2D eigenvalue weighted by atomic mass is 79.9. The Hall–Kier alpha value is -1.65. The molecule has 0 unspecified atom stereocenters. The number of nitrogens with zero attached hydrogens (tertiary/aromatic N) is 1. The van der Waals surface area contributed by atoms with E-state index in [1.807, 2.05) is 42.5 Å². The predicted octanol–water partition coefficient (Wildman–Crippen LogP) is 3.74. The van der Waals surface area contributed by atoms with Gasteiger partial charge < -0.3 is 0 Å². The van der Waals surface area contributed by atoms with Crippen LogP contribution < -0.4 is 5.48 Å². The lowest BCUT2D eigenvalue weighted by molar-refractivity contribution is 0.0372. The Morgan fingerprint density at radius 2 is 1.84 bits per heavy atom. The van der Waals surface area contributed by atoms with Gasteiger partial charge in [0.05, 0.1) is 0 Å². The van der Waals surface area contributed by atoms with Crippen LogP contribution in [0.4, 0.5) is 0 Å². The Kier molecular flexibility index (Phi) is 3.36. The summed E-state index contributed by atoms with van der Waals surface area (Å²) in [4.78, 5) is 10.2. The van der Waals surface area contributed by atoms with Crippen molar-refractivity contribution in [3.05, 3.63) is 69.7 Å². The van der Waals surface area contributed by atoms with Crippen LogP contribution in [0.25, 0.3) is 0 Å². The number of amidine groups is 1. The first-order chi connectivity index (χ1) is 9.25. The van der Waals surface area contributed by atoms with Crippen molar-refractivity contribution >= 4 is 21.8 Å². The molecule has 1 atom stereocenters. The molecule has 1 aliphatic heterocycles. The maximum Gasteiger partial charge on any atom is 0.203 e. The van der Waals surface area contributed by atoms with Crippen molar-refractivity contribution in [2.24, 2.45) is 4.99 Å². The van der Waals surface area contributed by atoms with Crippen molar-refractivity contribution in [2.45, 2.75) is 13.2 Å². The van der Waals surface area contributed by atoms with Gasteiger partial charge in [-0.1, -0.05) is 58.4 Å². The van der Waals surface area contributed by atoms with E-state index in [9.17, 15) is 0 Å². The smallest absolute Gasteiger partial charge is 0.203 e. The minimum atomic E-state index is -0.315. The summed E-state index contributed by atoms with van der Waals surface area (Å²) in [6.45, 7) is 2.06. The third-order valence-electron chi connectivity index (χ3n) is 3.09. The molecule has 0 fully saturated rings. The highest BCUT2D eigenvalue weighted by molar-refractivity contribution is 9.10. The number of nitrogens with one attached hydrogen (secondary N) is 1. The summed E-state index contributed by atoms with van der Waals surface area (Å²) in [6.07, 6.45) is -0.315. The zero-order valence-electron chi connectivity index (χ0n) is 10.4. The summed E-state index contributed by atoms with van der Waals surface area (Å²) >= 11 is 3.52. The zero-order chi connectivity index (χ0) is 13.2. The van der Waals surface area contributed by atoms with Crippen molar-refractivity contribution in [3.8, 4) is 0 Å². The molecule has 0 aromatic heterocycles. The van der Waals surface area contributed by atoms with Gasteiger partial charge in [0, 0.05) is 15.6 Å². The number of aryl methyl sites for hydroxylation is 1. The Labute approximate surface area is 120 Å². The van der Waals surface area contributed by atoms with E-state index in [1.54, 1.807) is 0 Å². The van der Waals surface area contributed by atoms with E-state index < -0.39 is 0 Å². The molecule has 0 saturated carbocycles. The van der Waals surface area contributed by atoms with Crippen LogP contribution in [0.2, 0.25) is 0 Å². The third-order valence-corrected chi connectivity index (χ3v) is 3.81. The number of benzene rings is 2. The van der Waals surface area contributed by atoms with Crippen LogP contribution in [-0.4, -0.2) is 5.84 Å². The molecular formula is C15H13BrN2O. The first kappa shape index (κ1) is 12.4. The van der Waals surface area contributed by atoms with Gasteiger partial charge in [0.25, 0.3) is 0 Å². The molecule has 1 aliphatic rings. The maximum absolute atomic E-state index is 5.56. The molecular weight excluding hydrogens is 304 g/mol. The summed E-state index contributed by atoms with van der Waals surface area (Å²) < 4.78 is 0.997. The highest BCUT2D eigenvalue weighted by Gasteiger charge is 2.23. The summed E-state index contributed by atoms with van der Waals surface area (Å²) in [5, 5.41) is 0. The molecule has 3 nitrogen and oxygen atoms in total. The maximum atomic E-state index is 5.56. The van der Waals surface area contributed by atoms with Gasteiger partial charge in [-0.05, 0) is 18.6 Å². The van der Waals surface area contributed by atoms with Gasteiger partial charge in [0.15, 0.2) is 5.84 Å². The number of halogens is 1. The van der Waals surface area contributed by atoms with Crippen molar-refractivity contribution in [3.63, 3.8) is 0 Å². The van der Waals surface area contributed by atoms with Crippen molar-refractivity contribution in [2.75, 3.05) is 0 Å². The molecule has 0 bridgehead atoms. The van der Waals surface area contributed by atoms with E-state index in [-0.39, 0.29) is 6.23 Å². The lowest BCUT2D eigenvalue weighted by Crippen LogP contribution is -2.19. The Bertz CT molecular complexity index is 640. The summed E-state index contributed by atoms with van der Waals surface area (Å²) in [5.74, 6) is 0.777. The molecule has 0 saturated heterocycles. The van der Waals surface area contributed by atoms with E-state index in [1.165, 1.54) is 5.56 Å². The fourth-order valence-electron chi connectivity index (χ4n) is 2.05. The minimum absolute atomic E-state index is 0.315. The molecule has 19 heavy (non-hydrogen) atoms. The summed E-state index contributed by atoms with van der Waals surface area (Å²) in [7, 11) is 0.